The molecule has 140 valence electrons. The first-order valence-corrected chi connectivity index (χ1v) is 8.82. The van der Waals surface area contributed by atoms with E-state index < -0.39 is 0 Å². The smallest absolute Gasteiger partial charge is 0.265 e. The molecule has 3 N–H and O–H groups in total. The summed E-state index contributed by atoms with van der Waals surface area (Å²) in [4.78, 5) is 38.9. The van der Waals surface area contributed by atoms with E-state index in [-0.39, 0.29) is 30.0 Å². The maximum absolute atomic E-state index is 12.5. The number of benzene rings is 2. The number of carbonyl (C=O) groups is 1. The summed E-state index contributed by atoms with van der Waals surface area (Å²) in [5.41, 5.74) is 2.70. The third-order valence-electron chi connectivity index (χ3n) is 4.47. The number of anilines is 1. The second-order valence-corrected chi connectivity index (χ2v) is 6.52. The van der Waals surface area contributed by atoms with Gasteiger partial charge in [0.15, 0.2) is 0 Å². The van der Waals surface area contributed by atoms with Gasteiger partial charge in [0.1, 0.15) is 0 Å². The van der Waals surface area contributed by atoms with Crippen LogP contribution in [-0.4, -0.2) is 20.7 Å². The molecule has 7 nitrogen and oxygen atoms in total. The van der Waals surface area contributed by atoms with Crippen molar-refractivity contribution in [3.8, 4) is 0 Å². The third kappa shape index (κ3) is 3.78. The summed E-state index contributed by atoms with van der Waals surface area (Å²) in [5, 5.41) is 6.40. The zero-order valence-electron chi connectivity index (χ0n) is 14.9. The van der Waals surface area contributed by atoms with Gasteiger partial charge in [0.05, 0.1) is 13.0 Å². The Balaban J connectivity index is 1.48. The molecule has 28 heavy (non-hydrogen) atoms. The van der Waals surface area contributed by atoms with Crippen LogP contribution < -0.4 is 16.4 Å². The Morgan fingerprint density at radius 1 is 1.00 bits per heavy atom. The number of amides is 1. The van der Waals surface area contributed by atoms with Gasteiger partial charge >= 0.3 is 0 Å². The average Bonchev–Trinajstić information content (AvgIpc) is 3.08. The fourth-order valence-electron chi connectivity index (χ4n) is 3.17. The molecule has 0 unspecified atom stereocenters. The summed E-state index contributed by atoms with van der Waals surface area (Å²) in [7, 11) is 0. The first kappa shape index (κ1) is 17.5. The van der Waals surface area contributed by atoms with E-state index in [9.17, 15) is 14.4 Å². The number of nitrogens with zero attached hydrogens (tertiary/aromatic N) is 1. The number of aromatic nitrogens is 3. The van der Waals surface area contributed by atoms with Crippen LogP contribution in [0.3, 0.4) is 0 Å². The molecule has 0 saturated heterocycles. The topological polar surface area (TPSA) is 99.8 Å². The number of fused-ring (bicyclic) bond motifs is 1. The van der Waals surface area contributed by atoms with Crippen molar-refractivity contribution in [2.75, 3.05) is 5.32 Å². The van der Waals surface area contributed by atoms with Gasteiger partial charge < -0.3 is 10.3 Å². The third-order valence-corrected chi connectivity index (χ3v) is 4.47. The summed E-state index contributed by atoms with van der Waals surface area (Å²) >= 11 is 0. The first-order chi connectivity index (χ1) is 13.6. The van der Waals surface area contributed by atoms with E-state index in [2.05, 4.69) is 15.4 Å². The molecule has 0 bridgehead atoms. The van der Waals surface area contributed by atoms with Gasteiger partial charge in [-0.05, 0) is 29.3 Å². The lowest BCUT2D eigenvalue weighted by molar-refractivity contribution is -0.115. The summed E-state index contributed by atoms with van der Waals surface area (Å²) in [6.07, 6.45) is 2.10. The van der Waals surface area contributed by atoms with Crippen molar-refractivity contribution in [3.63, 3.8) is 0 Å². The Labute approximate surface area is 159 Å². The number of H-pyrrole nitrogens is 2. The lowest BCUT2D eigenvalue weighted by Gasteiger charge is -2.09. The molecule has 0 saturated carbocycles. The number of rotatable bonds is 5. The number of carbonyl (C=O) groups excluding carboxylic acids is 1. The van der Waals surface area contributed by atoms with E-state index in [4.69, 9.17) is 0 Å². The van der Waals surface area contributed by atoms with Crippen molar-refractivity contribution in [1.82, 2.24) is 14.8 Å². The van der Waals surface area contributed by atoms with E-state index in [1.165, 1.54) is 16.8 Å². The summed E-state index contributed by atoms with van der Waals surface area (Å²) in [5.74, 6) is -0.132. The van der Waals surface area contributed by atoms with Gasteiger partial charge in [-0.15, -0.1) is 0 Å². The van der Waals surface area contributed by atoms with E-state index in [0.717, 1.165) is 22.0 Å². The predicted octanol–water partition coefficient (Wildman–Crippen LogP) is 2.25. The number of nitrogens with one attached hydrogen (secondary N) is 3. The fraction of sp³-hybridized carbons (Fsp3) is 0.0952. The van der Waals surface area contributed by atoms with Crippen LogP contribution in [0.5, 0.6) is 0 Å². The molecule has 2 aromatic carbocycles. The quantitative estimate of drug-likeness (QED) is 0.499. The highest BCUT2D eigenvalue weighted by Gasteiger charge is 2.09. The van der Waals surface area contributed by atoms with Crippen LogP contribution in [0.15, 0.2) is 76.4 Å². The molecule has 0 aliphatic heterocycles. The summed E-state index contributed by atoms with van der Waals surface area (Å²) < 4.78 is 1.23. The molecule has 0 fully saturated rings. The van der Waals surface area contributed by atoms with Crippen molar-refractivity contribution >= 4 is 22.5 Å². The maximum atomic E-state index is 12.5. The van der Waals surface area contributed by atoms with E-state index >= 15 is 0 Å². The number of hydrogen-bond donors (Lipinski definition) is 3. The molecule has 1 amide bonds. The minimum absolute atomic E-state index is 0.132. The number of para-hydroxylation sites is 1. The predicted molar refractivity (Wildman–Crippen MR) is 107 cm³/mol. The average molecular weight is 374 g/mol. The standard InChI is InChI=1S/C21H18N4O3/c26-19-8-9-21(28)25(24-19)13-14-4-3-5-16(10-14)23-20(27)11-15-12-22-18-7-2-1-6-17(15)18/h1-10,12,22H,11,13H2,(H,23,27)(H,24,26). The summed E-state index contributed by atoms with van der Waals surface area (Å²) in [6, 6.07) is 17.4. The molecule has 4 rings (SSSR count). The number of hydrogen-bond acceptors (Lipinski definition) is 3. The van der Waals surface area contributed by atoms with Crippen molar-refractivity contribution in [2.24, 2.45) is 0 Å². The van der Waals surface area contributed by atoms with Gasteiger partial charge in [0.25, 0.3) is 11.1 Å². The number of aromatic amines is 2. The van der Waals surface area contributed by atoms with Gasteiger partial charge in [-0.2, -0.15) is 0 Å². The molecule has 0 aliphatic rings. The van der Waals surface area contributed by atoms with Crippen LogP contribution in [-0.2, 0) is 17.8 Å². The maximum Gasteiger partial charge on any atom is 0.265 e. The van der Waals surface area contributed by atoms with Gasteiger partial charge in [0.2, 0.25) is 5.91 Å². The second kappa shape index (κ2) is 7.40. The van der Waals surface area contributed by atoms with Crippen LogP contribution in [0, 0.1) is 0 Å². The monoisotopic (exact) mass is 374 g/mol. The molecule has 7 heteroatoms. The van der Waals surface area contributed by atoms with Crippen LogP contribution >= 0.6 is 0 Å². The van der Waals surface area contributed by atoms with Crippen molar-refractivity contribution in [1.29, 1.82) is 0 Å². The van der Waals surface area contributed by atoms with Crippen LogP contribution in [0.1, 0.15) is 11.1 Å². The molecule has 4 aromatic rings. The molecule has 2 aromatic heterocycles. The van der Waals surface area contributed by atoms with Gasteiger partial charge in [-0.3, -0.25) is 19.5 Å². The van der Waals surface area contributed by atoms with Crippen LogP contribution in [0.2, 0.25) is 0 Å². The lowest BCUT2D eigenvalue weighted by atomic mass is 10.1. The van der Waals surface area contributed by atoms with Gasteiger partial charge in [-0.1, -0.05) is 30.3 Å². The van der Waals surface area contributed by atoms with Gasteiger partial charge in [0, 0.05) is 34.9 Å². The minimum Gasteiger partial charge on any atom is -0.361 e. The minimum atomic E-state index is -0.345. The Bertz CT molecular complexity index is 1270. The van der Waals surface area contributed by atoms with Crippen LogP contribution in [0.4, 0.5) is 5.69 Å². The molecule has 0 radical (unpaired) electrons. The first-order valence-electron chi connectivity index (χ1n) is 8.82. The van der Waals surface area contributed by atoms with Crippen LogP contribution in [0.25, 0.3) is 10.9 Å². The van der Waals surface area contributed by atoms with E-state index in [0.29, 0.717) is 5.69 Å². The molecule has 2 heterocycles. The molecule has 0 aliphatic carbocycles. The molecule has 0 spiro atoms. The Hall–Kier alpha value is -3.87. The highest BCUT2D eigenvalue weighted by molar-refractivity contribution is 5.95. The van der Waals surface area contributed by atoms with E-state index in [1.54, 1.807) is 18.2 Å². The Morgan fingerprint density at radius 3 is 2.75 bits per heavy atom. The zero-order chi connectivity index (χ0) is 19.5. The van der Waals surface area contributed by atoms with E-state index in [1.807, 2.05) is 36.5 Å². The Kier molecular flexibility index (Phi) is 4.63. The second-order valence-electron chi connectivity index (χ2n) is 6.52. The van der Waals surface area contributed by atoms with Crippen molar-refractivity contribution in [2.45, 2.75) is 13.0 Å². The lowest BCUT2D eigenvalue weighted by Crippen LogP contribution is -2.28. The normalized spacial score (nSPS) is 10.9. The largest absolute Gasteiger partial charge is 0.361 e. The van der Waals surface area contributed by atoms with Crippen molar-refractivity contribution < 1.29 is 4.79 Å². The molecular weight excluding hydrogens is 356 g/mol. The SMILES string of the molecule is O=C(Cc1c[nH]c2ccccc12)Nc1cccc(Cn2[nH]c(=O)ccc2=O)c1. The zero-order valence-corrected chi connectivity index (χ0v) is 14.9. The fourth-order valence-corrected chi connectivity index (χ4v) is 3.17. The van der Waals surface area contributed by atoms with Gasteiger partial charge in [-0.25, -0.2) is 4.68 Å². The molecule has 0 atom stereocenters. The Morgan fingerprint density at radius 2 is 1.86 bits per heavy atom. The van der Waals surface area contributed by atoms with Crippen molar-refractivity contribution in [3.05, 3.63) is 98.7 Å². The summed E-state index contributed by atoms with van der Waals surface area (Å²) in [6.45, 7) is 0.209. The highest BCUT2D eigenvalue weighted by atomic mass is 16.2. The molecular formula is C21H18N4O3. The highest BCUT2D eigenvalue weighted by Crippen LogP contribution is 2.19.